The van der Waals surface area contributed by atoms with Crippen molar-refractivity contribution in [1.29, 1.82) is 0 Å². The van der Waals surface area contributed by atoms with E-state index in [2.05, 4.69) is 46.6 Å². The van der Waals surface area contributed by atoms with E-state index in [9.17, 15) is 9.90 Å². The predicted molar refractivity (Wildman–Crippen MR) is 136 cm³/mol. The zero-order valence-corrected chi connectivity index (χ0v) is 19.6. The van der Waals surface area contributed by atoms with Gasteiger partial charge in [0.05, 0.1) is 6.10 Å². The monoisotopic (exact) mass is 462 g/mol. The zero-order chi connectivity index (χ0) is 21.9. The number of aryl methyl sites for hydroxylation is 1. The smallest absolute Gasteiger partial charge is 0.255 e. The van der Waals surface area contributed by atoms with Gasteiger partial charge in [-0.15, -0.1) is 12.4 Å². The third kappa shape index (κ3) is 5.30. The lowest BCUT2D eigenvalue weighted by Crippen LogP contribution is -2.29. The molecule has 1 unspecified atom stereocenters. The van der Waals surface area contributed by atoms with E-state index in [1.165, 1.54) is 41.5 Å². The van der Waals surface area contributed by atoms with Gasteiger partial charge in [-0.05, 0) is 90.9 Å². The minimum atomic E-state index is -0.428. The van der Waals surface area contributed by atoms with Crippen LogP contribution in [0.3, 0.4) is 0 Å². The largest absolute Gasteiger partial charge is 0.388 e. The number of nitrogens with one attached hydrogen (secondary N) is 1. The number of aliphatic hydroxyl groups is 1. The molecule has 0 bridgehead atoms. The van der Waals surface area contributed by atoms with Gasteiger partial charge in [-0.25, -0.2) is 0 Å². The van der Waals surface area contributed by atoms with Crippen LogP contribution in [0.25, 0.3) is 11.1 Å². The zero-order valence-electron chi connectivity index (χ0n) is 18.8. The van der Waals surface area contributed by atoms with E-state index in [4.69, 9.17) is 0 Å². The second-order valence-electron chi connectivity index (χ2n) is 9.00. The molecule has 1 aliphatic heterocycles. The Morgan fingerprint density at radius 2 is 1.76 bits per heavy atom. The number of fused-ring (bicyclic) bond motifs is 1. The van der Waals surface area contributed by atoms with Gasteiger partial charge < -0.3 is 10.4 Å². The number of benzene rings is 3. The molecule has 0 aromatic heterocycles. The van der Waals surface area contributed by atoms with Crippen LogP contribution >= 0.6 is 12.4 Å². The molecule has 5 rings (SSSR count). The molecule has 33 heavy (non-hydrogen) atoms. The number of nitrogens with zero attached hydrogens (tertiary/aromatic N) is 1. The first kappa shape index (κ1) is 23.5. The minimum absolute atomic E-state index is 0. The average Bonchev–Trinajstić information content (AvgIpc) is 3.20. The fraction of sp³-hybridized carbons (Fsp3) is 0.321. The quantitative estimate of drug-likeness (QED) is 0.489. The van der Waals surface area contributed by atoms with Crippen molar-refractivity contribution in [3.8, 4) is 11.1 Å². The number of likely N-dealkylation sites (tertiary alicyclic amines) is 1. The first-order valence-electron chi connectivity index (χ1n) is 11.7. The summed E-state index contributed by atoms with van der Waals surface area (Å²) < 4.78 is 0. The summed E-state index contributed by atoms with van der Waals surface area (Å²) in [5.41, 5.74) is 7.07. The first-order valence-corrected chi connectivity index (χ1v) is 11.7. The number of hydrogen-bond acceptors (Lipinski definition) is 3. The van der Waals surface area contributed by atoms with Crippen molar-refractivity contribution >= 4 is 24.0 Å². The van der Waals surface area contributed by atoms with Gasteiger partial charge in [0.1, 0.15) is 0 Å². The van der Waals surface area contributed by atoms with Crippen LogP contribution in [-0.4, -0.2) is 29.0 Å². The summed E-state index contributed by atoms with van der Waals surface area (Å²) in [6, 6.07) is 22.3. The second-order valence-corrected chi connectivity index (χ2v) is 9.00. The molecule has 2 aliphatic rings. The summed E-state index contributed by atoms with van der Waals surface area (Å²) in [4.78, 5) is 15.6. The Morgan fingerprint density at radius 3 is 2.55 bits per heavy atom. The second kappa shape index (κ2) is 10.5. The Kier molecular flexibility index (Phi) is 7.49. The van der Waals surface area contributed by atoms with Crippen LogP contribution in [0.1, 0.15) is 58.8 Å². The molecule has 0 radical (unpaired) electrons. The SMILES string of the molecule is Cl.O=C(Nc1ccc2c(c1)C(O)CC2)c1ccc(-c2ccccc2)c(CN2CCCCC2)c1. The highest BCUT2D eigenvalue weighted by atomic mass is 35.5. The lowest BCUT2D eigenvalue weighted by atomic mass is 9.96. The van der Waals surface area contributed by atoms with E-state index in [0.29, 0.717) is 5.56 Å². The normalized spacial score (nSPS) is 17.8. The average molecular weight is 463 g/mol. The van der Waals surface area contributed by atoms with Crippen LogP contribution in [0.15, 0.2) is 66.7 Å². The molecule has 1 aliphatic carbocycles. The van der Waals surface area contributed by atoms with E-state index >= 15 is 0 Å². The number of carbonyl (C=O) groups is 1. The summed E-state index contributed by atoms with van der Waals surface area (Å²) in [7, 11) is 0. The summed E-state index contributed by atoms with van der Waals surface area (Å²) in [6.45, 7) is 3.08. The van der Waals surface area contributed by atoms with Crippen molar-refractivity contribution in [2.24, 2.45) is 0 Å². The molecule has 172 valence electrons. The van der Waals surface area contributed by atoms with Gasteiger partial charge in [0.25, 0.3) is 5.91 Å². The van der Waals surface area contributed by atoms with Crippen LogP contribution < -0.4 is 5.32 Å². The van der Waals surface area contributed by atoms with E-state index in [1.807, 2.05) is 30.3 Å². The summed E-state index contributed by atoms with van der Waals surface area (Å²) >= 11 is 0. The molecule has 0 saturated carbocycles. The van der Waals surface area contributed by atoms with Gasteiger partial charge in [-0.1, -0.05) is 48.9 Å². The van der Waals surface area contributed by atoms with Crippen molar-refractivity contribution < 1.29 is 9.90 Å². The summed E-state index contributed by atoms with van der Waals surface area (Å²) in [6.07, 6.45) is 5.01. The number of anilines is 1. The Hall–Kier alpha value is -2.66. The highest BCUT2D eigenvalue weighted by Gasteiger charge is 2.21. The Balaban J connectivity index is 0.00000259. The molecular weight excluding hydrogens is 432 g/mol. The molecule has 0 spiro atoms. The fourth-order valence-electron chi connectivity index (χ4n) is 4.99. The van der Waals surface area contributed by atoms with E-state index in [1.54, 1.807) is 0 Å². The van der Waals surface area contributed by atoms with Crippen molar-refractivity contribution in [3.05, 3.63) is 89.0 Å². The van der Waals surface area contributed by atoms with Crippen LogP contribution in [0.4, 0.5) is 5.69 Å². The molecule has 1 fully saturated rings. The highest BCUT2D eigenvalue weighted by molar-refractivity contribution is 6.04. The van der Waals surface area contributed by atoms with Gasteiger partial charge in [0, 0.05) is 17.8 Å². The maximum absolute atomic E-state index is 13.1. The number of halogens is 1. The molecule has 1 heterocycles. The van der Waals surface area contributed by atoms with E-state index in [-0.39, 0.29) is 18.3 Å². The van der Waals surface area contributed by atoms with Gasteiger partial charge in [0.2, 0.25) is 0 Å². The third-order valence-corrected chi connectivity index (χ3v) is 6.74. The van der Waals surface area contributed by atoms with Gasteiger partial charge in [-0.2, -0.15) is 0 Å². The van der Waals surface area contributed by atoms with Gasteiger partial charge in [0.15, 0.2) is 0 Å². The van der Waals surface area contributed by atoms with Crippen molar-refractivity contribution in [3.63, 3.8) is 0 Å². The highest BCUT2D eigenvalue weighted by Crippen LogP contribution is 2.33. The molecule has 1 atom stereocenters. The summed E-state index contributed by atoms with van der Waals surface area (Å²) in [5.74, 6) is -0.114. The molecule has 1 saturated heterocycles. The Morgan fingerprint density at radius 1 is 0.970 bits per heavy atom. The predicted octanol–water partition coefficient (Wildman–Crippen LogP) is 5.99. The molecule has 2 N–H and O–H groups in total. The molecular formula is C28H31ClN2O2. The van der Waals surface area contributed by atoms with E-state index < -0.39 is 6.10 Å². The molecule has 3 aromatic carbocycles. The number of hydrogen-bond donors (Lipinski definition) is 2. The molecule has 4 nitrogen and oxygen atoms in total. The maximum Gasteiger partial charge on any atom is 0.255 e. The van der Waals surface area contributed by atoms with E-state index in [0.717, 1.165) is 43.7 Å². The first-order chi connectivity index (χ1) is 15.7. The number of rotatable bonds is 5. The Bertz CT molecular complexity index is 1110. The summed E-state index contributed by atoms with van der Waals surface area (Å²) in [5, 5.41) is 13.2. The maximum atomic E-state index is 13.1. The van der Waals surface area contributed by atoms with Gasteiger partial charge >= 0.3 is 0 Å². The Labute approximate surface area is 202 Å². The van der Waals surface area contributed by atoms with Crippen molar-refractivity contribution in [2.45, 2.75) is 44.8 Å². The topological polar surface area (TPSA) is 52.6 Å². The van der Waals surface area contributed by atoms with Crippen molar-refractivity contribution in [1.82, 2.24) is 4.90 Å². The molecule has 5 heteroatoms. The third-order valence-electron chi connectivity index (χ3n) is 6.74. The number of piperidine rings is 1. The van der Waals surface area contributed by atoms with Crippen molar-refractivity contribution in [2.75, 3.05) is 18.4 Å². The van der Waals surface area contributed by atoms with Crippen LogP contribution in [-0.2, 0) is 13.0 Å². The molecule has 3 aromatic rings. The number of aliphatic hydroxyl groups excluding tert-OH is 1. The lowest BCUT2D eigenvalue weighted by Gasteiger charge is -2.27. The lowest BCUT2D eigenvalue weighted by molar-refractivity contribution is 0.102. The van der Waals surface area contributed by atoms with Crippen LogP contribution in [0.2, 0.25) is 0 Å². The standard InChI is InChI=1S/C28H30N2O2.ClH/c31-27-14-11-21-9-12-24(18-26(21)27)29-28(32)22-10-13-25(20-7-3-1-4-8-20)23(17-22)19-30-15-5-2-6-16-30;/h1,3-4,7-10,12-13,17-18,27,31H,2,5-6,11,14-16,19H2,(H,29,32);1H. The van der Waals surface area contributed by atoms with Crippen LogP contribution in [0.5, 0.6) is 0 Å². The minimum Gasteiger partial charge on any atom is -0.388 e. The fourth-order valence-corrected chi connectivity index (χ4v) is 4.99. The number of amides is 1. The van der Waals surface area contributed by atoms with Crippen LogP contribution in [0, 0.1) is 0 Å². The molecule has 1 amide bonds. The van der Waals surface area contributed by atoms with Gasteiger partial charge in [-0.3, -0.25) is 9.69 Å². The number of carbonyl (C=O) groups excluding carboxylic acids is 1.